The molecule has 0 saturated heterocycles. The molecule has 0 aliphatic rings. The average Bonchev–Trinajstić information content (AvgIpc) is 2.44. The van der Waals surface area contributed by atoms with E-state index in [1.165, 1.54) is 0 Å². The van der Waals surface area contributed by atoms with Crippen LogP contribution < -0.4 is 0 Å². The van der Waals surface area contributed by atoms with Crippen LogP contribution in [0.1, 0.15) is 49.4 Å². The van der Waals surface area contributed by atoms with Gasteiger partial charge in [-0.3, -0.25) is 4.79 Å². The molecular formula is C13H21NO2. The first kappa shape index (κ1) is 12.8. The average molecular weight is 223 g/mol. The monoisotopic (exact) mass is 223 g/mol. The molecule has 0 fully saturated rings. The molecule has 0 spiro atoms. The van der Waals surface area contributed by atoms with Crippen LogP contribution in [0.15, 0.2) is 10.7 Å². The Morgan fingerprint density at radius 1 is 1.38 bits per heavy atom. The van der Waals surface area contributed by atoms with E-state index in [9.17, 15) is 4.79 Å². The quantitative estimate of drug-likeness (QED) is 0.771. The van der Waals surface area contributed by atoms with Gasteiger partial charge in [-0.05, 0) is 41.5 Å². The van der Waals surface area contributed by atoms with Crippen molar-refractivity contribution in [1.29, 1.82) is 0 Å². The smallest absolute Gasteiger partial charge is 0.258 e. The van der Waals surface area contributed by atoms with Gasteiger partial charge in [0.2, 0.25) is 0 Å². The third-order valence-corrected chi connectivity index (χ3v) is 2.74. The molecule has 0 saturated carbocycles. The summed E-state index contributed by atoms with van der Waals surface area (Å²) in [5, 5.41) is 0. The summed E-state index contributed by atoms with van der Waals surface area (Å²) in [7, 11) is 0. The second-order valence-corrected chi connectivity index (χ2v) is 5.07. The summed E-state index contributed by atoms with van der Waals surface area (Å²) in [6, 6.07) is 0. The highest BCUT2D eigenvalue weighted by atomic mass is 16.3. The van der Waals surface area contributed by atoms with E-state index >= 15 is 0 Å². The summed E-state index contributed by atoms with van der Waals surface area (Å²) >= 11 is 0. The molecule has 1 amide bonds. The zero-order valence-corrected chi connectivity index (χ0v) is 11.0. The predicted molar refractivity (Wildman–Crippen MR) is 64.6 cm³/mol. The van der Waals surface area contributed by atoms with Gasteiger partial charge in [-0.15, -0.1) is 0 Å². The van der Waals surface area contributed by atoms with Gasteiger partial charge in [0.15, 0.2) is 0 Å². The Hall–Kier alpha value is -1.25. The maximum absolute atomic E-state index is 12.4. The van der Waals surface area contributed by atoms with Crippen molar-refractivity contribution in [2.75, 3.05) is 6.54 Å². The zero-order chi connectivity index (χ0) is 12.5. The van der Waals surface area contributed by atoms with Crippen molar-refractivity contribution in [1.82, 2.24) is 4.90 Å². The SMILES string of the molecule is CCN(C(=O)c1c(C)coc1C)C(C)(C)C. The fourth-order valence-corrected chi connectivity index (χ4v) is 1.95. The van der Waals surface area contributed by atoms with Crippen molar-refractivity contribution in [2.45, 2.75) is 47.1 Å². The van der Waals surface area contributed by atoms with E-state index in [-0.39, 0.29) is 11.4 Å². The zero-order valence-electron chi connectivity index (χ0n) is 11.0. The van der Waals surface area contributed by atoms with Crippen LogP contribution in [0.25, 0.3) is 0 Å². The van der Waals surface area contributed by atoms with Crippen LogP contribution in [0.2, 0.25) is 0 Å². The van der Waals surface area contributed by atoms with E-state index in [1.54, 1.807) is 6.26 Å². The summed E-state index contributed by atoms with van der Waals surface area (Å²) in [5.74, 6) is 0.754. The lowest BCUT2D eigenvalue weighted by molar-refractivity contribution is 0.0596. The summed E-state index contributed by atoms with van der Waals surface area (Å²) in [6.07, 6.45) is 1.64. The summed E-state index contributed by atoms with van der Waals surface area (Å²) in [6.45, 7) is 12.6. The second kappa shape index (κ2) is 4.32. The normalized spacial score (nSPS) is 11.6. The van der Waals surface area contributed by atoms with Crippen molar-refractivity contribution in [3.05, 3.63) is 23.2 Å². The van der Waals surface area contributed by atoms with Crippen LogP contribution in [0.4, 0.5) is 0 Å². The molecule has 0 atom stereocenters. The highest BCUT2D eigenvalue weighted by molar-refractivity contribution is 5.96. The van der Waals surface area contributed by atoms with Gasteiger partial charge in [0.05, 0.1) is 11.8 Å². The third kappa shape index (κ3) is 2.29. The van der Waals surface area contributed by atoms with E-state index in [1.807, 2.05) is 46.4 Å². The highest BCUT2D eigenvalue weighted by Crippen LogP contribution is 2.22. The van der Waals surface area contributed by atoms with E-state index in [0.717, 1.165) is 5.56 Å². The summed E-state index contributed by atoms with van der Waals surface area (Å²) in [5.41, 5.74) is 1.45. The van der Waals surface area contributed by atoms with Gasteiger partial charge in [0.25, 0.3) is 5.91 Å². The van der Waals surface area contributed by atoms with Gasteiger partial charge in [-0.2, -0.15) is 0 Å². The topological polar surface area (TPSA) is 33.5 Å². The molecule has 16 heavy (non-hydrogen) atoms. The molecule has 1 aromatic rings. The van der Waals surface area contributed by atoms with E-state index in [0.29, 0.717) is 17.9 Å². The minimum absolute atomic E-state index is 0.0544. The van der Waals surface area contributed by atoms with Crippen LogP contribution in [0, 0.1) is 13.8 Å². The fourth-order valence-electron chi connectivity index (χ4n) is 1.95. The van der Waals surface area contributed by atoms with Gasteiger partial charge >= 0.3 is 0 Å². The lowest BCUT2D eigenvalue weighted by Crippen LogP contribution is -2.45. The van der Waals surface area contributed by atoms with E-state index in [2.05, 4.69) is 0 Å². The second-order valence-electron chi connectivity index (χ2n) is 5.07. The Bertz CT molecular complexity index is 366. The van der Waals surface area contributed by atoms with Crippen molar-refractivity contribution in [2.24, 2.45) is 0 Å². The molecule has 1 heterocycles. The highest BCUT2D eigenvalue weighted by Gasteiger charge is 2.28. The van der Waals surface area contributed by atoms with Gasteiger partial charge in [0, 0.05) is 17.6 Å². The molecule has 0 aliphatic heterocycles. The molecule has 3 nitrogen and oxygen atoms in total. The van der Waals surface area contributed by atoms with Crippen LogP contribution in [0.5, 0.6) is 0 Å². The standard InChI is InChI=1S/C13H21NO2/c1-7-14(13(4,5)6)12(15)11-9(2)8-16-10(11)3/h8H,7H2,1-6H3. The molecular weight excluding hydrogens is 202 g/mol. The molecule has 0 aromatic carbocycles. The first-order valence-corrected chi connectivity index (χ1v) is 5.65. The Morgan fingerprint density at radius 3 is 2.25 bits per heavy atom. The molecule has 1 rings (SSSR count). The third-order valence-electron chi connectivity index (χ3n) is 2.74. The summed E-state index contributed by atoms with van der Waals surface area (Å²) in [4.78, 5) is 14.3. The molecule has 0 radical (unpaired) electrons. The number of hydrogen-bond donors (Lipinski definition) is 0. The van der Waals surface area contributed by atoms with Crippen molar-refractivity contribution >= 4 is 5.91 Å². The Labute approximate surface area is 97.4 Å². The number of carbonyl (C=O) groups is 1. The van der Waals surface area contributed by atoms with Crippen LogP contribution in [-0.2, 0) is 0 Å². The number of nitrogens with zero attached hydrogens (tertiary/aromatic N) is 1. The van der Waals surface area contributed by atoms with Crippen LogP contribution in [-0.4, -0.2) is 22.9 Å². The van der Waals surface area contributed by atoms with E-state index in [4.69, 9.17) is 4.42 Å². The molecule has 0 N–H and O–H groups in total. The first-order chi connectivity index (χ1) is 7.29. The Morgan fingerprint density at radius 2 is 1.94 bits per heavy atom. The fraction of sp³-hybridized carbons (Fsp3) is 0.615. The summed E-state index contributed by atoms with van der Waals surface area (Å²) < 4.78 is 5.28. The lowest BCUT2D eigenvalue weighted by Gasteiger charge is -2.34. The van der Waals surface area contributed by atoms with Crippen LogP contribution in [0.3, 0.4) is 0 Å². The number of furan rings is 1. The molecule has 3 heteroatoms. The van der Waals surface area contributed by atoms with Gasteiger partial charge < -0.3 is 9.32 Å². The van der Waals surface area contributed by atoms with Gasteiger partial charge in [-0.25, -0.2) is 0 Å². The van der Waals surface area contributed by atoms with Crippen molar-refractivity contribution < 1.29 is 9.21 Å². The maximum Gasteiger partial charge on any atom is 0.258 e. The van der Waals surface area contributed by atoms with Gasteiger partial charge in [-0.1, -0.05) is 0 Å². The number of rotatable bonds is 2. The number of carbonyl (C=O) groups excluding carboxylic acids is 1. The van der Waals surface area contributed by atoms with Crippen LogP contribution >= 0.6 is 0 Å². The maximum atomic E-state index is 12.4. The van der Waals surface area contributed by atoms with Crippen molar-refractivity contribution in [3.8, 4) is 0 Å². The Balaban J connectivity index is 3.11. The minimum Gasteiger partial charge on any atom is -0.469 e. The van der Waals surface area contributed by atoms with Gasteiger partial charge in [0.1, 0.15) is 5.76 Å². The number of amides is 1. The molecule has 0 aliphatic carbocycles. The largest absolute Gasteiger partial charge is 0.469 e. The lowest BCUT2D eigenvalue weighted by atomic mass is 10.0. The minimum atomic E-state index is -0.165. The van der Waals surface area contributed by atoms with E-state index < -0.39 is 0 Å². The van der Waals surface area contributed by atoms with Crippen molar-refractivity contribution in [3.63, 3.8) is 0 Å². The number of hydrogen-bond acceptors (Lipinski definition) is 2. The molecule has 0 unspecified atom stereocenters. The first-order valence-electron chi connectivity index (χ1n) is 5.65. The molecule has 90 valence electrons. The predicted octanol–water partition coefficient (Wildman–Crippen LogP) is 3.16. The molecule has 1 aromatic heterocycles. The Kier molecular flexibility index (Phi) is 3.46. The number of aryl methyl sites for hydroxylation is 2. The molecule has 0 bridgehead atoms.